The van der Waals surface area contributed by atoms with Crippen molar-refractivity contribution in [2.24, 2.45) is 0 Å². The van der Waals surface area contributed by atoms with Gasteiger partial charge in [-0.2, -0.15) is 0 Å². The summed E-state index contributed by atoms with van der Waals surface area (Å²) in [7, 11) is 0. The highest BCUT2D eigenvalue weighted by Crippen LogP contribution is 2.26. The van der Waals surface area contributed by atoms with Crippen molar-refractivity contribution in [1.82, 2.24) is 5.32 Å². The molecule has 1 aliphatic rings. The Hall–Kier alpha value is -1.01. The molecule has 1 amide bonds. The number of thioether (sulfide) groups is 1. The van der Waals surface area contributed by atoms with Gasteiger partial charge in [0.25, 0.3) is 0 Å². The van der Waals surface area contributed by atoms with E-state index in [1.54, 1.807) is 17.8 Å². The van der Waals surface area contributed by atoms with E-state index >= 15 is 0 Å². The van der Waals surface area contributed by atoms with Crippen LogP contribution in [0.2, 0.25) is 0 Å². The summed E-state index contributed by atoms with van der Waals surface area (Å²) >= 11 is 2.82. The van der Waals surface area contributed by atoms with Gasteiger partial charge in [0.15, 0.2) is 0 Å². The molecule has 0 aromatic carbocycles. The van der Waals surface area contributed by atoms with E-state index in [0.29, 0.717) is 11.3 Å². The Balaban J connectivity index is 1.85. The van der Waals surface area contributed by atoms with Crippen LogP contribution in [0.25, 0.3) is 0 Å². The lowest BCUT2D eigenvalue weighted by atomic mass is 10.2. The van der Waals surface area contributed by atoms with E-state index in [1.165, 1.54) is 11.3 Å². The number of hydrogen-bond acceptors (Lipinski definition) is 4. The van der Waals surface area contributed by atoms with E-state index in [-0.39, 0.29) is 11.9 Å². The lowest BCUT2D eigenvalue weighted by Gasteiger charge is -2.07. The smallest absolute Gasteiger partial charge is 0.345 e. The van der Waals surface area contributed by atoms with Gasteiger partial charge < -0.3 is 10.4 Å². The van der Waals surface area contributed by atoms with Crippen molar-refractivity contribution in [3.8, 4) is 0 Å². The van der Waals surface area contributed by atoms with E-state index in [9.17, 15) is 9.59 Å². The van der Waals surface area contributed by atoms with Gasteiger partial charge in [-0.1, -0.05) is 0 Å². The molecule has 2 rings (SSSR count). The first-order valence-corrected chi connectivity index (χ1v) is 6.75. The molecule has 1 aromatic rings. The Morgan fingerprint density at radius 2 is 2.50 bits per heavy atom. The third-order valence-corrected chi connectivity index (χ3v) is 4.53. The normalized spacial score (nSPS) is 19.8. The molecule has 1 unspecified atom stereocenters. The van der Waals surface area contributed by atoms with Gasteiger partial charge in [-0.05, 0) is 12.5 Å². The van der Waals surface area contributed by atoms with Crippen LogP contribution in [0.5, 0.6) is 0 Å². The van der Waals surface area contributed by atoms with Crippen LogP contribution in [-0.4, -0.2) is 28.8 Å². The summed E-state index contributed by atoms with van der Waals surface area (Å²) < 4.78 is 0. The Bertz CT molecular complexity index is 416. The van der Waals surface area contributed by atoms with Crippen molar-refractivity contribution < 1.29 is 14.7 Å². The van der Waals surface area contributed by atoms with Crippen molar-refractivity contribution in [3.05, 3.63) is 16.3 Å². The van der Waals surface area contributed by atoms with Crippen molar-refractivity contribution in [3.63, 3.8) is 0 Å². The lowest BCUT2D eigenvalue weighted by Crippen LogP contribution is -2.27. The Morgan fingerprint density at radius 3 is 3.06 bits per heavy atom. The molecule has 1 aliphatic heterocycles. The molecular formula is C10H11NO3S2. The number of hydrogen-bond donors (Lipinski definition) is 2. The van der Waals surface area contributed by atoms with Gasteiger partial charge in [-0.3, -0.25) is 4.79 Å². The standard InChI is InChI=1S/C10H11NO3S2/c12-9-2-1-6(11-9)4-15-7-3-8(10(13)14)16-5-7/h3,5-6H,1-2,4H2,(H,11,12)(H,13,14). The molecule has 86 valence electrons. The van der Waals surface area contributed by atoms with E-state index in [0.717, 1.165) is 17.1 Å². The lowest BCUT2D eigenvalue weighted by molar-refractivity contribution is -0.119. The molecule has 1 aromatic heterocycles. The van der Waals surface area contributed by atoms with Crippen LogP contribution in [0.3, 0.4) is 0 Å². The largest absolute Gasteiger partial charge is 0.477 e. The van der Waals surface area contributed by atoms with Gasteiger partial charge in [0.1, 0.15) is 4.88 Å². The summed E-state index contributed by atoms with van der Waals surface area (Å²) in [5.74, 6) is 0.0369. The maximum Gasteiger partial charge on any atom is 0.345 e. The van der Waals surface area contributed by atoms with Crippen molar-refractivity contribution >= 4 is 35.0 Å². The maximum absolute atomic E-state index is 11.0. The molecule has 2 N–H and O–H groups in total. The number of nitrogens with one attached hydrogen (secondary N) is 1. The van der Waals surface area contributed by atoms with Crippen LogP contribution < -0.4 is 5.32 Å². The molecule has 1 fully saturated rings. The van der Waals surface area contributed by atoms with E-state index < -0.39 is 5.97 Å². The number of rotatable bonds is 4. The Kier molecular flexibility index (Phi) is 3.50. The molecule has 16 heavy (non-hydrogen) atoms. The fourth-order valence-electron chi connectivity index (χ4n) is 1.51. The number of thiophene rings is 1. The quantitative estimate of drug-likeness (QED) is 0.807. The highest BCUT2D eigenvalue weighted by Gasteiger charge is 2.20. The second-order valence-corrected chi connectivity index (χ2v) is 5.57. The molecular weight excluding hydrogens is 246 g/mol. The Morgan fingerprint density at radius 1 is 1.69 bits per heavy atom. The zero-order valence-electron chi connectivity index (χ0n) is 8.43. The van der Waals surface area contributed by atoms with E-state index in [2.05, 4.69) is 5.32 Å². The predicted octanol–water partition coefficient (Wildman–Crippen LogP) is 1.82. The summed E-state index contributed by atoms with van der Waals surface area (Å²) in [4.78, 5) is 22.9. The second-order valence-electron chi connectivity index (χ2n) is 3.57. The van der Waals surface area contributed by atoms with Crippen LogP contribution in [0.4, 0.5) is 0 Å². The molecule has 0 saturated carbocycles. The fourth-order valence-corrected chi connectivity index (χ4v) is 3.45. The zero-order valence-corrected chi connectivity index (χ0v) is 10.1. The van der Waals surface area contributed by atoms with Gasteiger partial charge in [-0.15, -0.1) is 23.1 Å². The van der Waals surface area contributed by atoms with Crippen molar-refractivity contribution in [1.29, 1.82) is 0 Å². The summed E-state index contributed by atoms with van der Waals surface area (Å²) in [5.41, 5.74) is 0. The molecule has 1 atom stereocenters. The summed E-state index contributed by atoms with van der Waals surface area (Å²) in [6.45, 7) is 0. The molecule has 0 bridgehead atoms. The summed E-state index contributed by atoms with van der Waals surface area (Å²) in [5, 5.41) is 13.5. The number of carboxylic acids is 1. The first-order chi connectivity index (χ1) is 7.65. The van der Waals surface area contributed by atoms with E-state index in [1.807, 2.05) is 5.38 Å². The molecule has 4 nitrogen and oxygen atoms in total. The number of carbonyl (C=O) groups excluding carboxylic acids is 1. The minimum Gasteiger partial charge on any atom is -0.477 e. The average molecular weight is 257 g/mol. The number of amides is 1. The minimum atomic E-state index is -0.883. The zero-order chi connectivity index (χ0) is 11.5. The van der Waals surface area contributed by atoms with Crippen molar-refractivity contribution in [2.75, 3.05) is 5.75 Å². The molecule has 0 aliphatic carbocycles. The molecule has 2 heterocycles. The number of aromatic carboxylic acids is 1. The predicted molar refractivity (Wildman–Crippen MR) is 63.2 cm³/mol. The highest BCUT2D eigenvalue weighted by molar-refractivity contribution is 7.99. The van der Waals surface area contributed by atoms with Crippen molar-refractivity contribution in [2.45, 2.75) is 23.8 Å². The first-order valence-electron chi connectivity index (χ1n) is 4.89. The van der Waals surface area contributed by atoms with Crippen LogP contribution in [0.1, 0.15) is 22.5 Å². The van der Waals surface area contributed by atoms with Gasteiger partial charge in [0, 0.05) is 28.5 Å². The van der Waals surface area contributed by atoms with Crippen LogP contribution in [0.15, 0.2) is 16.3 Å². The van der Waals surface area contributed by atoms with Gasteiger partial charge >= 0.3 is 5.97 Å². The number of carbonyl (C=O) groups is 2. The van der Waals surface area contributed by atoms with Gasteiger partial charge in [0.2, 0.25) is 5.91 Å². The maximum atomic E-state index is 11.0. The topological polar surface area (TPSA) is 66.4 Å². The summed E-state index contributed by atoms with van der Waals surface area (Å²) in [6.07, 6.45) is 1.48. The third-order valence-electron chi connectivity index (χ3n) is 2.32. The molecule has 0 radical (unpaired) electrons. The fraction of sp³-hybridized carbons (Fsp3) is 0.400. The second kappa shape index (κ2) is 4.88. The minimum absolute atomic E-state index is 0.113. The van der Waals surface area contributed by atoms with E-state index in [4.69, 9.17) is 5.11 Å². The third kappa shape index (κ3) is 2.76. The van der Waals surface area contributed by atoms with Gasteiger partial charge in [0.05, 0.1) is 0 Å². The SMILES string of the molecule is O=C1CCC(CSc2csc(C(=O)O)c2)N1. The summed E-state index contributed by atoms with van der Waals surface area (Å²) in [6, 6.07) is 1.90. The monoisotopic (exact) mass is 257 g/mol. The first kappa shape index (κ1) is 11.5. The van der Waals surface area contributed by atoms with Crippen LogP contribution in [-0.2, 0) is 4.79 Å². The van der Waals surface area contributed by atoms with Gasteiger partial charge in [-0.25, -0.2) is 4.79 Å². The van der Waals surface area contributed by atoms with Crippen LogP contribution >= 0.6 is 23.1 Å². The van der Waals surface area contributed by atoms with Crippen LogP contribution in [0, 0.1) is 0 Å². The average Bonchev–Trinajstić information content (AvgIpc) is 2.83. The number of carboxylic acid groups (broad SMARTS) is 1. The molecule has 6 heteroatoms. The molecule has 0 spiro atoms. The molecule has 1 saturated heterocycles. The highest BCUT2D eigenvalue weighted by atomic mass is 32.2. The Labute approximate surface area is 101 Å².